The van der Waals surface area contributed by atoms with Gasteiger partial charge in [0.05, 0.1) is 23.9 Å². The van der Waals surface area contributed by atoms with Crippen LogP contribution >= 0.6 is 11.8 Å². The molecule has 1 saturated carbocycles. The molecule has 4 N–H and O–H groups in total. The van der Waals surface area contributed by atoms with Gasteiger partial charge < -0.3 is 25.2 Å². The molecule has 2 rings (SSSR count). The average molecular weight is 481 g/mol. The summed E-state index contributed by atoms with van der Waals surface area (Å²) in [6.07, 6.45) is -2.60. The van der Waals surface area contributed by atoms with Crippen molar-refractivity contribution in [1.29, 1.82) is 0 Å². The van der Waals surface area contributed by atoms with Crippen LogP contribution in [0.4, 0.5) is 13.2 Å². The molecule has 0 spiro atoms. The minimum Gasteiger partial charge on any atom is -0.491 e. The van der Waals surface area contributed by atoms with Gasteiger partial charge >= 0.3 is 12.1 Å². The van der Waals surface area contributed by atoms with E-state index >= 15 is 0 Å². The molecule has 1 aromatic rings. The van der Waals surface area contributed by atoms with Crippen molar-refractivity contribution >= 4 is 17.7 Å². The van der Waals surface area contributed by atoms with Crippen molar-refractivity contribution in [1.82, 2.24) is 0 Å². The zero-order chi connectivity index (χ0) is 23.7. The first-order valence-corrected chi connectivity index (χ1v) is 11.8. The van der Waals surface area contributed by atoms with Crippen molar-refractivity contribution in [3.63, 3.8) is 0 Å². The zero-order valence-electron chi connectivity index (χ0n) is 17.7. The number of hydrogen-bond acceptors (Lipinski definition) is 6. The highest BCUT2D eigenvalue weighted by molar-refractivity contribution is 8.00. The van der Waals surface area contributed by atoms with Crippen molar-refractivity contribution in [2.45, 2.75) is 74.7 Å². The fraction of sp³-hybridized carbons (Fsp3) is 0.682. The topological polar surface area (TPSA) is 107 Å². The summed E-state index contributed by atoms with van der Waals surface area (Å²) in [4.78, 5) is 10.5. The van der Waals surface area contributed by atoms with E-state index in [9.17, 15) is 33.3 Å². The quantitative estimate of drug-likeness (QED) is 0.319. The van der Waals surface area contributed by atoms with Crippen molar-refractivity contribution in [3.05, 3.63) is 29.8 Å². The molecule has 0 aromatic heterocycles. The summed E-state index contributed by atoms with van der Waals surface area (Å²) in [6.45, 7) is -0.187. The molecule has 2 unspecified atom stereocenters. The van der Waals surface area contributed by atoms with Crippen LogP contribution in [0.15, 0.2) is 24.3 Å². The number of carboxylic acid groups (broad SMARTS) is 1. The first kappa shape index (κ1) is 26.8. The summed E-state index contributed by atoms with van der Waals surface area (Å²) in [5, 5.41) is 39.2. The molecule has 1 fully saturated rings. The Labute approximate surface area is 189 Å². The third kappa shape index (κ3) is 8.80. The lowest BCUT2D eigenvalue weighted by Crippen LogP contribution is -2.28. The van der Waals surface area contributed by atoms with E-state index in [4.69, 9.17) is 9.84 Å². The second-order valence-corrected chi connectivity index (χ2v) is 9.38. The molecule has 0 aliphatic heterocycles. The van der Waals surface area contributed by atoms with Crippen LogP contribution in [0.2, 0.25) is 0 Å². The molecule has 6 nitrogen and oxygen atoms in total. The zero-order valence-corrected chi connectivity index (χ0v) is 18.5. The number of rotatable bonds is 13. The van der Waals surface area contributed by atoms with Gasteiger partial charge in [-0.25, -0.2) is 0 Å². The van der Waals surface area contributed by atoms with Gasteiger partial charge in [0.25, 0.3) is 0 Å². The van der Waals surface area contributed by atoms with Crippen LogP contribution in [0.25, 0.3) is 0 Å². The number of carbonyl (C=O) groups is 1. The molecule has 1 aromatic carbocycles. The van der Waals surface area contributed by atoms with Crippen LogP contribution in [0, 0.1) is 5.92 Å². The Morgan fingerprint density at radius 2 is 1.88 bits per heavy atom. The maximum Gasteiger partial charge on any atom is 0.416 e. The Kier molecular flexibility index (Phi) is 10.6. The van der Waals surface area contributed by atoms with Gasteiger partial charge in [0.2, 0.25) is 0 Å². The van der Waals surface area contributed by atoms with E-state index in [0.717, 1.165) is 31.4 Å². The lowest BCUT2D eigenvalue weighted by molar-refractivity contribution is -0.138. The average Bonchev–Trinajstić information content (AvgIpc) is 2.99. The number of hydrogen-bond donors (Lipinski definition) is 4. The van der Waals surface area contributed by atoms with E-state index in [1.54, 1.807) is 0 Å². The van der Waals surface area contributed by atoms with Crippen LogP contribution in [-0.4, -0.2) is 62.3 Å². The first-order valence-electron chi connectivity index (χ1n) is 10.8. The third-order valence-corrected chi connectivity index (χ3v) is 7.17. The van der Waals surface area contributed by atoms with Gasteiger partial charge in [0.1, 0.15) is 12.4 Å². The number of benzene rings is 1. The summed E-state index contributed by atoms with van der Waals surface area (Å²) in [7, 11) is 0. The van der Waals surface area contributed by atoms with Gasteiger partial charge in [-0.15, -0.1) is 0 Å². The second kappa shape index (κ2) is 12.7. The molecule has 0 amide bonds. The molecule has 0 heterocycles. The number of carboxylic acids is 1. The van der Waals surface area contributed by atoms with Crippen molar-refractivity contribution in [2.24, 2.45) is 5.92 Å². The monoisotopic (exact) mass is 480 g/mol. The largest absolute Gasteiger partial charge is 0.491 e. The fourth-order valence-electron chi connectivity index (χ4n) is 3.89. The van der Waals surface area contributed by atoms with Crippen LogP contribution in [0.1, 0.15) is 50.5 Å². The molecule has 5 atom stereocenters. The van der Waals surface area contributed by atoms with E-state index in [0.29, 0.717) is 12.8 Å². The normalized spacial score (nSPS) is 24.4. The maximum atomic E-state index is 12.8. The third-order valence-electron chi connectivity index (χ3n) is 5.54. The molecule has 0 bridgehead atoms. The van der Waals surface area contributed by atoms with Gasteiger partial charge in [0, 0.05) is 23.8 Å². The molecular weight excluding hydrogens is 449 g/mol. The summed E-state index contributed by atoms with van der Waals surface area (Å²) in [5.74, 6) is -0.721. The van der Waals surface area contributed by atoms with Gasteiger partial charge in [-0.1, -0.05) is 25.3 Å². The van der Waals surface area contributed by atoms with Crippen LogP contribution in [0.3, 0.4) is 0 Å². The Morgan fingerprint density at radius 1 is 1.16 bits per heavy atom. The standard InChI is InChI=1S/C22H31F3O6S/c23-22(24,25)14-6-5-7-16(10-14)31-12-15(26)13-32-21-17(18(27)11-19(21)28)8-3-1-2-4-9-20(29)30/h5-7,10,15,17-19,21,26-28H,1-4,8-9,11-13H2,(H,29,30)/t15?,17-,18?,19+,21+/m0/s1. The number of aliphatic hydroxyl groups excluding tert-OH is 3. The number of aliphatic hydroxyl groups is 3. The Balaban J connectivity index is 1.75. The molecular formula is C22H31F3O6S. The Hall–Kier alpha value is -1.49. The summed E-state index contributed by atoms with van der Waals surface area (Å²) < 4.78 is 43.6. The summed E-state index contributed by atoms with van der Waals surface area (Å²) in [6, 6.07) is 4.45. The van der Waals surface area contributed by atoms with Gasteiger partial charge in [0.15, 0.2) is 0 Å². The number of alkyl halides is 3. The minimum atomic E-state index is -4.47. The maximum absolute atomic E-state index is 12.8. The number of halogens is 3. The van der Waals surface area contributed by atoms with E-state index < -0.39 is 36.0 Å². The van der Waals surface area contributed by atoms with E-state index in [1.165, 1.54) is 23.9 Å². The highest BCUT2D eigenvalue weighted by atomic mass is 32.2. The molecule has 182 valence electrons. The molecule has 0 radical (unpaired) electrons. The second-order valence-electron chi connectivity index (χ2n) is 8.17. The molecule has 10 heteroatoms. The van der Waals surface area contributed by atoms with E-state index in [2.05, 4.69) is 0 Å². The lowest BCUT2D eigenvalue weighted by atomic mass is 9.97. The molecule has 1 aliphatic carbocycles. The fourth-order valence-corrected chi connectivity index (χ4v) is 5.33. The predicted octanol–water partition coefficient (Wildman–Crippen LogP) is 3.71. The van der Waals surface area contributed by atoms with Gasteiger partial charge in [-0.2, -0.15) is 24.9 Å². The van der Waals surface area contributed by atoms with Crippen molar-refractivity contribution in [3.8, 4) is 5.75 Å². The number of ether oxygens (including phenoxy) is 1. The van der Waals surface area contributed by atoms with Crippen LogP contribution in [0.5, 0.6) is 5.75 Å². The van der Waals surface area contributed by atoms with Crippen molar-refractivity contribution < 1.29 is 43.1 Å². The van der Waals surface area contributed by atoms with E-state index in [-0.39, 0.29) is 42.1 Å². The Bertz CT molecular complexity index is 717. The molecule has 1 aliphatic rings. The highest BCUT2D eigenvalue weighted by Gasteiger charge is 2.41. The smallest absolute Gasteiger partial charge is 0.416 e. The molecule has 0 saturated heterocycles. The van der Waals surface area contributed by atoms with Gasteiger partial charge in [-0.3, -0.25) is 4.79 Å². The van der Waals surface area contributed by atoms with Crippen molar-refractivity contribution in [2.75, 3.05) is 12.4 Å². The van der Waals surface area contributed by atoms with Crippen LogP contribution in [-0.2, 0) is 11.0 Å². The first-order chi connectivity index (χ1) is 15.1. The highest BCUT2D eigenvalue weighted by Crippen LogP contribution is 2.39. The number of aliphatic carboxylic acids is 1. The SMILES string of the molecule is O=C(O)CCCCCC[C@H]1C(O)C[C@@H](O)[C@@H]1SCC(O)COc1cccc(C(F)(F)F)c1. The van der Waals surface area contributed by atoms with E-state index in [1.807, 2.05) is 0 Å². The minimum absolute atomic E-state index is 0.0148. The predicted molar refractivity (Wildman–Crippen MR) is 115 cm³/mol. The number of thioether (sulfide) groups is 1. The lowest BCUT2D eigenvalue weighted by Gasteiger charge is -2.24. The van der Waals surface area contributed by atoms with Gasteiger partial charge in [-0.05, 0) is 37.0 Å². The summed E-state index contributed by atoms with van der Waals surface area (Å²) in [5.41, 5.74) is -0.826. The molecule has 32 heavy (non-hydrogen) atoms. The summed E-state index contributed by atoms with van der Waals surface area (Å²) >= 11 is 1.33. The van der Waals surface area contributed by atoms with Crippen LogP contribution < -0.4 is 4.74 Å². The number of unbranched alkanes of at least 4 members (excludes halogenated alkanes) is 3. The Morgan fingerprint density at radius 3 is 2.56 bits per heavy atom.